The minimum atomic E-state index is -3.65. The van der Waals surface area contributed by atoms with Crippen molar-refractivity contribution in [1.29, 1.82) is 0 Å². The van der Waals surface area contributed by atoms with E-state index in [9.17, 15) is 8.42 Å². The van der Waals surface area contributed by atoms with Gasteiger partial charge in [-0.05, 0) is 49.2 Å². The fourth-order valence-electron chi connectivity index (χ4n) is 2.22. The number of aryl methyl sites for hydroxylation is 2. The van der Waals surface area contributed by atoms with Crippen molar-refractivity contribution in [3.8, 4) is 17.2 Å². The number of rotatable bonds is 8. The molecular formula is C18H23NO5S. The van der Waals surface area contributed by atoms with Crippen LogP contribution in [0.15, 0.2) is 41.3 Å². The number of nitrogens with one attached hydrogen (secondary N) is 1. The largest absolute Gasteiger partial charge is 0.493 e. The molecule has 6 nitrogen and oxygen atoms in total. The summed E-state index contributed by atoms with van der Waals surface area (Å²) in [6.07, 6.45) is 0. The third-order valence-corrected chi connectivity index (χ3v) is 5.27. The lowest BCUT2D eigenvalue weighted by atomic mass is 10.1. The highest BCUT2D eigenvalue weighted by atomic mass is 32.2. The molecule has 0 saturated heterocycles. The first-order chi connectivity index (χ1) is 11.9. The Hall–Kier alpha value is -2.25. The van der Waals surface area contributed by atoms with Crippen molar-refractivity contribution in [3.05, 3.63) is 47.5 Å². The van der Waals surface area contributed by atoms with Gasteiger partial charge in [0.15, 0.2) is 11.5 Å². The number of hydrogen-bond acceptors (Lipinski definition) is 5. The Morgan fingerprint density at radius 3 is 2.28 bits per heavy atom. The summed E-state index contributed by atoms with van der Waals surface area (Å²) >= 11 is 0. The third-order valence-electron chi connectivity index (χ3n) is 3.81. The Kier molecular flexibility index (Phi) is 6.27. The van der Waals surface area contributed by atoms with Crippen molar-refractivity contribution >= 4 is 10.0 Å². The topological polar surface area (TPSA) is 73.9 Å². The van der Waals surface area contributed by atoms with E-state index < -0.39 is 10.0 Å². The minimum absolute atomic E-state index is 0.108. The molecule has 7 heteroatoms. The van der Waals surface area contributed by atoms with Crippen LogP contribution in [0.3, 0.4) is 0 Å². The predicted octanol–water partition coefficient (Wildman–Crippen LogP) is 2.68. The molecule has 0 atom stereocenters. The molecule has 0 fully saturated rings. The van der Waals surface area contributed by atoms with Crippen LogP contribution in [0.4, 0.5) is 0 Å². The molecule has 2 aromatic carbocycles. The highest BCUT2D eigenvalue weighted by Gasteiger charge is 2.16. The fourth-order valence-corrected chi connectivity index (χ4v) is 3.24. The lowest BCUT2D eigenvalue weighted by molar-refractivity contribution is 0.322. The van der Waals surface area contributed by atoms with Crippen LogP contribution in [0, 0.1) is 13.8 Å². The van der Waals surface area contributed by atoms with Gasteiger partial charge in [-0.1, -0.05) is 6.07 Å². The Morgan fingerprint density at radius 1 is 0.920 bits per heavy atom. The maximum Gasteiger partial charge on any atom is 0.240 e. The lowest BCUT2D eigenvalue weighted by Crippen LogP contribution is -2.28. The number of benzene rings is 2. The van der Waals surface area contributed by atoms with Gasteiger partial charge in [0, 0.05) is 12.6 Å². The van der Waals surface area contributed by atoms with E-state index in [-0.39, 0.29) is 18.0 Å². The summed E-state index contributed by atoms with van der Waals surface area (Å²) in [6.45, 7) is 4.41. The molecule has 136 valence electrons. The van der Waals surface area contributed by atoms with Crippen molar-refractivity contribution < 1.29 is 22.6 Å². The van der Waals surface area contributed by atoms with Crippen LogP contribution in [0.2, 0.25) is 0 Å². The molecular weight excluding hydrogens is 342 g/mol. The van der Waals surface area contributed by atoms with Crippen molar-refractivity contribution in [2.45, 2.75) is 18.7 Å². The van der Waals surface area contributed by atoms with E-state index in [0.29, 0.717) is 17.2 Å². The molecule has 0 aliphatic heterocycles. The summed E-state index contributed by atoms with van der Waals surface area (Å²) < 4.78 is 43.0. The number of ether oxygens (including phenoxy) is 3. The normalized spacial score (nSPS) is 11.2. The second-order valence-electron chi connectivity index (χ2n) is 5.51. The summed E-state index contributed by atoms with van der Waals surface area (Å²) in [5.41, 5.74) is 2.31. The van der Waals surface area contributed by atoms with Gasteiger partial charge in [0.2, 0.25) is 10.0 Å². The number of sulfonamides is 1. The monoisotopic (exact) mass is 365 g/mol. The Labute approximate surface area is 148 Å². The molecule has 0 aromatic heterocycles. The smallest absolute Gasteiger partial charge is 0.240 e. The number of methoxy groups -OCH3 is 2. The Morgan fingerprint density at radius 2 is 1.64 bits per heavy atom. The van der Waals surface area contributed by atoms with E-state index >= 15 is 0 Å². The van der Waals surface area contributed by atoms with Gasteiger partial charge in [-0.3, -0.25) is 0 Å². The number of hydrogen-bond donors (Lipinski definition) is 1. The second kappa shape index (κ2) is 8.22. The second-order valence-corrected chi connectivity index (χ2v) is 7.28. The van der Waals surface area contributed by atoms with Gasteiger partial charge >= 0.3 is 0 Å². The molecule has 0 unspecified atom stereocenters. The van der Waals surface area contributed by atoms with Crippen LogP contribution in [-0.4, -0.2) is 35.8 Å². The molecule has 0 bridgehead atoms. The zero-order chi connectivity index (χ0) is 18.4. The SMILES string of the molecule is COc1ccc(S(=O)(=O)NCCOc2ccc(C)c(C)c2)cc1OC. The standard InChI is InChI=1S/C18H23NO5S/c1-13-5-6-15(11-14(13)2)24-10-9-19-25(20,21)16-7-8-17(22-3)18(12-16)23-4/h5-8,11-12,19H,9-10H2,1-4H3. The van der Waals surface area contributed by atoms with Crippen molar-refractivity contribution in [3.63, 3.8) is 0 Å². The van der Waals surface area contributed by atoms with Crippen LogP contribution < -0.4 is 18.9 Å². The van der Waals surface area contributed by atoms with Crippen LogP contribution in [0.1, 0.15) is 11.1 Å². The first-order valence-corrected chi connectivity index (χ1v) is 9.27. The highest BCUT2D eigenvalue weighted by molar-refractivity contribution is 7.89. The Balaban J connectivity index is 1.96. The molecule has 2 aromatic rings. The molecule has 0 radical (unpaired) electrons. The van der Waals surface area contributed by atoms with Gasteiger partial charge in [0.1, 0.15) is 12.4 Å². The third kappa shape index (κ3) is 4.87. The van der Waals surface area contributed by atoms with Crippen molar-refractivity contribution in [2.75, 3.05) is 27.4 Å². The molecule has 0 heterocycles. The van der Waals surface area contributed by atoms with E-state index in [1.54, 1.807) is 6.07 Å². The summed E-state index contributed by atoms with van der Waals surface area (Å²) in [5, 5.41) is 0. The molecule has 0 amide bonds. The zero-order valence-corrected chi connectivity index (χ0v) is 15.6. The summed E-state index contributed by atoms with van der Waals surface area (Å²) in [6, 6.07) is 10.2. The zero-order valence-electron chi connectivity index (χ0n) is 14.8. The maximum atomic E-state index is 12.3. The van der Waals surface area contributed by atoms with Gasteiger partial charge in [-0.25, -0.2) is 13.1 Å². The average molecular weight is 365 g/mol. The highest BCUT2D eigenvalue weighted by Crippen LogP contribution is 2.29. The first-order valence-electron chi connectivity index (χ1n) is 7.79. The van der Waals surface area contributed by atoms with E-state index in [1.807, 2.05) is 32.0 Å². The average Bonchev–Trinajstić information content (AvgIpc) is 2.61. The van der Waals surface area contributed by atoms with Crippen LogP contribution in [0.25, 0.3) is 0 Å². The Bertz CT molecular complexity index is 833. The molecule has 0 saturated carbocycles. The van der Waals surface area contributed by atoms with Gasteiger partial charge in [-0.2, -0.15) is 0 Å². The van der Waals surface area contributed by atoms with Crippen molar-refractivity contribution in [1.82, 2.24) is 4.72 Å². The van der Waals surface area contributed by atoms with Gasteiger partial charge in [0.25, 0.3) is 0 Å². The first kappa shape index (κ1) is 19.1. The van der Waals surface area contributed by atoms with E-state index in [2.05, 4.69) is 4.72 Å². The van der Waals surface area contributed by atoms with Gasteiger partial charge < -0.3 is 14.2 Å². The molecule has 25 heavy (non-hydrogen) atoms. The van der Waals surface area contributed by atoms with E-state index in [1.165, 1.54) is 31.9 Å². The van der Waals surface area contributed by atoms with Crippen molar-refractivity contribution in [2.24, 2.45) is 0 Å². The van der Waals surface area contributed by atoms with Gasteiger partial charge in [0.05, 0.1) is 19.1 Å². The quantitative estimate of drug-likeness (QED) is 0.728. The maximum absolute atomic E-state index is 12.3. The minimum Gasteiger partial charge on any atom is -0.493 e. The molecule has 0 spiro atoms. The molecule has 2 rings (SSSR count). The lowest BCUT2D eigenvalue weighted by Gasteiger charge is -2.12. The fraction of sp³-hybridized carbons (Fsp3) is 0.333. The summed E-state index contributed by atoms with van der Waals surface area (Å²) in [7, 11) is -0.701. The summed E-state index contributed by atoms with van der Waals surface area (Å²) in [4.78, 5) is 0.108. The molecule has 0 aliphatic rings. The van der Waals surface area contributed by atoms with Gasteiger partial charge in [-0.15, -0.1) is 0 Å². The predicted molar refractivity (Wildman–Crippen MR) is 96.1 cm³/mol. The van der Waals surface area contributed by atoms with Crippen LogP contribution >= 0.6 is 0 Å². The van der Waals surface area contributed by atoms with Crippen LogP contribution in [-0.2, 0) is 10.0 Å². The molecule has 1 N–H and O–H groups in total. The van der Waals surface area contributed by atoms with Crippen LogP contribution in [0.5, 0.6) is 17.2 Å². The van der Waals surface area contributed by atoms with E-state index in [0.717, 1.165) is 5.56 Å². The summed E-state index contributed by atoms with van der Waals surface area (Å²) in [5.74, 6) is 1.55. The van der Waals surface area contributed by atoms with E-state index in [4.69, 9.17) is 14.2 Å². The molecule has 0 aliphatic carbocycles.